The van der Waals surface area contributed by atoms with Gasteiger partial charge >= 0.3 is 0 Å². The van der Waals surface area contributed by atoms with Gasteiger partial charge in [0.1, 0.15) is 0 Å². The third-order valence-corrected chi connectivity index (χ3v) is 5.79. The van der Waals surface area contributed by atoms with Gasteiger partial charge in [-0.3, -0.25) is 9.59 Å². The van der Waals surface area contributed by atoms with Crippen LogP contribution in [-0.2, 0) is 10.2 Å². The average molecular weight is 393 g/mol. The van der Waals surface area contributed by atoms with Gasteiger partial charge in [0, 0.05) is 30.3 Å². The number of amides is 2. The van der Waals surface area contributed by atoms with Crippen molar-refractivity contribution in [3.8, 4) is 0 Å². The van der Waals surface area contributed by atoms with Gasteiger partial charge in [0.15, 0.2) is 0 Å². The summed E-state index contributed by atoms with van der Waals surface area (Å²) >= 11 is 0. The van der Waals surface area contributed by atoms with Crippen molar-refractivity contribution in [1.82, 2.24) is 4.90 Å². The van der Waals surface area contributed by atoms with Gasteiger partial charge < -0.3 is 10.2 Å². The van der Waals surface area contributed by atoms with E-state index >= 15 is 0 Å². The minimum Gasteiger partial charge on any atom is -0.339 e. The number of benzene rings is 2. The zero-order chi connectivity index (χ0) is 21.2. The summed E-state index contributed by atoms with van der Waals surface area (Å²) in [7, 11) is 0. The summed E-state index contributed by atoms with van der Waals surface area (Å²) in [6.07, 6.45) is 1.39. The van der Waals surface area contributed by atoms with Gasteiger partial charge in [-0.15, -0.1) is 0 Å². The van der Waals surface area contributed by atoms with Crippen molar-refractivity contribution in [1.29, 1.82) is 0 Å². The molecule has 2 aromatic carbocycles. The molecular formula is C25H32N2O2. The fraction of sp³-hybridized carbons (Fsp3) is 0.440. The molecule has 0 aromatic heterocycles. The number of nitrogens with one attached hydrogen (secondary N) is 1. The number of carbonyl (C=O) groups excluding carboxylic acids is 2. The van der Waals surface area contributed by atoms with Crippen molar-refractivity contribution in [2.75, 3.05) is 18.4 Å². The van der Waals surface area contributed by atoms with Crippen molar-refractivity contribution < 1.29 is 9.59 Å². The molecule has 2 aromatic rings. The van der Waals surface area contributed by atoms with E-state index in [-0.39, 0.29) is 23.1 Å². The van der Waals surface area contributed by atoms with Crippen LogP contribution in [-0.4, -0.2) is 29.8 Å². The molecule has 4 heteroatoms. The lowest BCUT2D eigenvalue weighted by molar-refractivity contribution is -0.121. The van der Waals surface area contributed by atoms with Crippen molar-refractivity contribution >= 4 is 17.5 Å². The van der Waals surface area contributed by atoms with Crippen molar-refractivity contribution in [2.24, 2.45) is 5.92 Å². The third-order valence-electron chi connectivity index (χ3n) is 5.79. The molecule has 0 aliphatic carbocycles. The molecule has 1 heterocycles. The number of rotatable bonds is 3. The molecule has 0 spiro atoms. The molecule has 0 unspecified atom stereocenters. The maximum absolute atomic E-state index is 12.8. The van der Waals surface area contributed by atoms with Crippen LogP contribution in [0.5, 0.6) is 0 Å². The van der Waals surface area contributed by atoms with E-state index in [1.807, 2.05) is 55.1 Å². The molecule has 0 saturated carbocycles. The maximum atomic E-state index is 12.8. The molecular weight excluding hydrogens is 360 g/mol. The maximum Gasteiger partial charge on any atom is 0.253 e. The Labute approximate surface area is 174 Å². The second-order valence-electron chi connectivity index (χ2n) is 9.20. The summed E-state index contributed by atoms with van der Waals surface area (Å²) in [5.74, 6) is 0.0558. The van der Waals surface area contributed by atoms with Crippen LogP contribution in [0.25, 0.3) is 0 Å². The summed E-state index contributed by atoms with van der Waals surface area (Å²) in [5, 5.41) is 3.06. The van der Waals surface area contributed by atoms with Crippen LogP contribution in [0.15, 0.2) is 42.5 Å². The van der Waals surface area contributed by atoms with Crippen LogP contribution in [0.2, 0.25) is 0 Å². The molecule has 3 rings (SSSR count). The molecule has 0 atom stereocenters. The van der Waals surface area contributed by atoms with Gasteiger partial charge in [0.05, 0.1) is 0 Å². The normalized spacial score (nSPS) is 15.3. The lowest BCUT2D eigenvalue weighted by atomic mass is 9.86. The lowest BCUT2D eigenvalue weighted by Gasteiger charge is -2.31. The monoisotopic (exact) mass is 392 g/mol. The van der Waals surface area contributed by atoms with E-state index < -0.39 is 0 Å². The second-order valence-corrected chi connectivity index (χ2v) is 9.20. The van der Waals surface area contributed by atoms with Gasteiger partial charge in [-0.1, -0.05) is 50.6 Å². The molecule has 4 nitrogen and oxygen atoms in total. The lowest BCUT2D eigenvalue weighted by Crippen LogP contribution is -2.41. The van der Waals surface area contributed by atoms with Gasteiger partial charge in [-0.05, 0) is 61.4 Å². The fourth-order valence-corrected chi connectivity index (χ4v) is 3.83. The quantitative estimate of drug-likeness (QED) is 0.791. The van der Waals surface area contributed by atoms with Gasteiger partial charge in [-0.2, -0.15) is 0 Å². The van der Waals surface area contributed by atoms with Crippen LogP contribution >= 0.6 is 0 Å². The first-order chi connectivity index (χ1) is 13.6. The SMILES string of the molecule is Cc1ccc(NC(=O)C2CCN(C(=O)c3ccc(C(C)(C)C)cc3)CC2)c(C)c1. The highest BCUT2D eigenvalue weighted by Gasteiger charge is 2.28. The number of nitrogens with zero attached hydrogens (tertiary/aromatic N) is 1. The number of hydrogen-bond acceptors (Lipinski definition) is 2. The van der Waals surface area contributed by atoms with Crippen molar-refractivity contribution in [3.63, 3.8) is 0 Å². The molecule has 1 aliphatic heterocycles. The number of aryl methyl sites for hydroxylation is 2. The topological polar surface area (TPSA) is 49.4 Å². The summed E-state index contributed by atoms with van der Waals surface area (Å²) in [4.78, 5) is 27.4. The molecule has 1 fully saturated rings. The highest BCUT2D eigenvalue weighted by Crippen LogP contribution is 2.25. The predicted molar refractivity (Wildman–Crippen MR) is 118 cm³/mol. The fourth-order valence-electron chi connectivity index (χ4n) is 3.83. The Morgan fingerprint density at radius 2 is 1.59 bits per heavy atom. The molecule has 29 heavy (non-hydrogen) atoms. The molecule has 2 amide bonds. The largest absolute Gasteiger partial charge is 0.339 e. The van der Waals surface area contributed by atoms with Gasteiger partial charge in [-0.25, -0.2) is 0 Å². The molecule has 1 N–H and O–H groups in total. The number of carbonyl (C=O) groups is 2. The van der Waals surface area contributed by atoms with E-state index in [2.05, 4.69) is 32.2 Å². The zero-order valence-electron chi connectivity index (χ0n) is 18.2. The molecule has 1 saturated heterocycles. The zero-order valence-corrected chi connectivity index (χ0v) is 18.2. The summed E-state index contributed by atoms with van der Waals surface area (Å²) in [6.45, 7) is 11.8. The minimum absolute atomic E-state index is 0.0528. The molecule has 0 radical (unpaired) electrons. The summed E-state index contributed by atoms with van der Waals surface area (Å²) in [6, 6.07) is 14.0. The number of hydrogen-bond donors (Lipinski definition) is 1. The van der Waals surface area contributed by atoms with E-state index in [0.29, 0.717) is 25.9 Å². The number of likely N-dealkylation sites (tertiary alicyclic amines) is 1. The van der Waals surface area contributed by atoms with Crippen LogP contribution in [0, 0.1) is 19.8 Å². The van der Waals surface area contributed by atoms with Crippen molar-refractivity contribution in [2.45, 2.75) is 52.9 Å². The first-order valence-corrected chi connectivity index (χ1v) is 10.4. The molecule has 154 valence electrons. The first-order valence-electron chi connectivity index (χ1n) is 10.4. The summed E-state index contributed by atoms with van der Waals surface area (Å²) in [5.41, 5.74) is 5.14. The van der Waals surface area contributed by atoms with E-state index in [4.69, 9.17) is 0 Å². The van der Waals surface area contributed by atoms with E-state index in [0.717, 1.165) is 16.8 Å². The van der Waals surface area contributed by atoms with Crippen LogP contribution in [0.4, 0.5) is 5.69 Å². The predicted octanol–water partition coefficient (Wildman–Crippen LogP) is 5.09. The minimum atomic E-state index is -0.0528. The Hall–Kier alpha value is -2.62. The highest BCUT2D eigenvalue weighted by molar-refractivity contribution is 5.95. The van der Waals surface area contributed by atoms with Crippen molar-refractivity contribution in [3.05, 3.63) is 64.7 Å². The number of anilines is 1. The second kappa shape index (κ2) is 8.40. The Balaban J connectivity index is 1.57. The highest BCUT2D eigenvalue weighted by atomic mass is 16.2. The Bertz CT molecular complexity index is 886. The third kappa shape index (κ3) is 5.06. The summed E-state index contributed by atoms with van der Waals surface area (Å²) < 4.78 is 0. The van der Waals surface area contributed by atoms with Crippen LogP contribution in [0.1, 0.15) is 60.7 Å². The Morgan fingerprint density at radius 3 is 2.14 bits per heavy atom. The first kappa shape index (κ1) is 21.1. The van der Waals surface area contributed by atoms with Gasteiger partial charge in [0.2, 0.25) is 5.91 Å². The van der Waals surface area contributed by atoms with Crippen LogP contribution in [0.3, 0.4) is 0 Å². The number of piperidine rings is 1. The molecule has 1 aliphatic rings. The van der Waals surface area contributed by atoms with E-state index in [1.54, 1.807) is 0 Å². The van der Waals surface area contributed by atoms with Gasteiger partial charge in [0.25, 0.3) is 5.91 Å². The molecule has 0 bridgehead atoms. The van der Waals surface area contributed by atoms with E-state index in [1.165, 1.54) is 11.1 Å². The van der Waals surface area contributed by atoms with Crippen LogP contribution < -0.4 is 5.32 Å². The Morgan fingerprint density at radius 1 is 0.966 bits per heavy atom. The standard InChI is InChI=1S/C25H32N2O2/c1-17-6-11-22(18(2)16-17)26-23(28)19-12-14-27(15-13-19)24(29)20-7-9-21(10-8-20)25(3,4)5/h6-11,16,19H,12-15H2,1-5H3,(H,26,28). The Kier molecular flexibility index (Phi) is 6.11. The average Bonchev–Trinajstić information content (AvgIpc) is 2.69. The smallest absolute Gasteiger partial charge is 0.253 e. The van der Waals surface area contributed by atoms with E-state index in [9.17, 15) is 9.59 Å².